The summed E-state index contributed by atoms with van der Waals surface area (Å²) in [6, 6.07) is 16.8. The van der Waals surface area contributed by atoms with Crippen molar-refractivity contribution in [3.05, 3.63) is 82.6 Å². The molecule has 0 radical (unpaired) electrons. The third-order valence-corrected chi connectivity index (χ3v) is 6.40. The van der Waals surface area contributed by atoms with E-state index in [1.165, 1.54) is 0 Å². The Morgan fingerprint density at radius 3 is 2.55 bits per heavy atom. The van der Waals surface area contributed by atoms with Crippen LogP contribution in [0.5, 0.6) is 0 Å². The van der Waals surface area contributed by atoms with Gasteiger partial charge in [-0.1, -0.05) is 54.6 Å². The quantitative estimate of drug-likeness (QED) is 0.740. The second-order valence-electron chi connectivity index (χ2n) is 8.25. The van der Waals surface area contributed by atoms with Gasteiger partial charge in [0.15, 0.2) is 0 Å². The fraction of sp³-hybridized carbons (Fsp3) is 0.333. The average molecular weight is 418 g/mol. The molecule has 0 bridgehead atoms. The molecule has 0 saturated carbocycles. The monoisotopic (exact) mass is 418 g/mol. The van der Waals surface area contributed by atoms with Crippen molar-refractivity contribution in [2.45, 2.75) is 25.8 Å². The number of aliphatic imine (C=N–C) groups is 1. The SMILES string of the molecule is Cc1ccccc1CN1C(=O)C2=C(CCN(C(O)(O)c3ccccc3)C2)N2CCN=C12. The number of fused-ring (bicyclic) bond motifs is 2. The van der Waals surface area contributed by atoms with Crippen molar-refractivity contribution in [3.63, 3.8) is 0 Å². The van der Waals surface area contributed by atoms with Crippen LogP contribution in [0.1, 0.15) is 23.1 Å². The zero-order chi connectivity index (χ0) is 21.6. The van der Waals surface area contributed by atoms with Gasteiger partial charge in [-0.25, -0.2) is 4.90 Å². The molecular weight excluding hydrogens is 392 g/mol. The summed E-state index contributed by atoms with van der Waals surface area (Å²) in [5.74, 6) is -1.54. The minimum absolute atomic E-state index is 0.108. The molecule has 0 aliphatic carbocycles. The van der Waals surface area contributed by atoms with Gasteiger partial charge >= 0.3 is 0 Å². The van der Waals surface area contributed by atoms with E-state index < -0.39 is 5.91 Å². The van der Waals surface area contributed by atoms with Crippen molar-refractivity contribution in [2.75, 3.05) is 26.2 Å². The number of aryl methyl sites for hydroxylation is 1. The number of nitrogens with zero attached hydrogens (tertiary/aromatic N) is 4. The summed E-state index contributed by atoms with van der Waals surface area (Å²) in [5, 5.41) is 21.8. The Balaban J connectivity index is 1.47. The fourth-order valence-corrected chi connectivity index (χ4v) is 4.63. The molecule has 2 aromatic rings. The summed E-state index contributed by atoms with van der Waals surface area (Å²) in [7, 11) is 0. The van der Waals surface area contributed by atoms with Crippen LogP contribution in [0.15, 0.2) is 70.9 Å². The predicted octanol–water partition coefficient (Wildman–Crippen LogP) is 1.76. The molecule has 0 saturated heterocycles. The van der Waals surface area contributed by atoms with E-state index in [2.05, 4.69) is 9.89 Å². The van der Waals surface area contributed by atoms with Gasteiger partial charge in [-0.05, 0) is 18.1 Å². The van der Waals surface area contributed by atoms with Crippen molar-refractivity contribution >= 4 is 11.9 Å². The Hall–Kier alpha value is -3.00. The van der Waals surface area contributed by atoms with Crippen LogP contribution < -0.4 is 0 Å². The molecule has 2 N–H and O–H groups in total. The van der Waals surface area contributed by atoms with E-state index >= 15 is 0 Å². The maximum absolute atomic E-state index is 13.6. The standard InChI is InChI=1S/C24H26N4O3/c1-17-7-5-6-8-18(17)15-28-22(29)20-16-26(24(30,31)19-9-3-2-4-10-19)13-11-21(20)27-14-12-25-23(27)28/h2-10,30-31H,11-16H2,1H3. The molecule has 0 unspecified atom stereocenters. The fourth-order valence-electron chi connectivity index (χ4n) is 4.63. The van der Waals surface area contributed by atoms with E-state index in [-0.39, 0.29) is 12.5 Å². The summed E-state index contributed by atoms with van der Waals surface area (Å²) >= 11 is 0. The number of carbonyl (C=O) groups excluding carboxylic acids is 1. The van der Waals surface area contributed by atoms with E-state index in [1.807, 2.05) is 37.3 Å². The van der Waals surface area contributed by atoms with Crippen LogP contribution in [0.3, 0.4) is 0 Å². The first kappa shape index (κ1) is 19.9. The maximum Gasteiger partial charge on any atom is 0.259 e. The molecule has 3 aliphatic heterocycles. The van der Waals surface area contributed by atoms with Crippen molar-refractivity contribution in [1.29, 1.82) is 0 Å². The molecule has 3 heterocycles. The van der Waals surface area contributed by atoms with Gasteiger partial charge in [0, 0.05) is 37.3 Å². The average Bonchev–Trinajstić information content (AvgIpc) is 3.28. The van der Waals surface area contributed by atoms with Crippen LogP contribution in [0.2, 0.25) is 0 Å². The van der Waals surface area contributed by atoms with E-state index in [9.17, 15) is 15.0 Å². The Bertz CT molecular complexity index is 1080. The number of amides is 1. The number of guanidine groups is 1. The van der Waals surface area contributed by atoms with Crippen LogP contribution in [-0.4, -0.2) is 63.0 Å². The third-order valence-electron chi connectivity index (χ3n) is 6.40. The Kier molecular flexibility index (Phi) is 4.89. The molecule has 5 rings (SSSR count). The Labute approximate surface area is 181 Å². The summed E-state index contributed by atoms with van der Waals surface area (Å²) in [5.41, 5.74) is 4.17. The highest BCUT2D eigenvalue weighted by Crippen LogP contribution is 2.35. The number of aliphatic hydroxyl groups is 2. The molecule has 0 aromatic heterocycles. The predicted molar refractivity (Wildman–Crippen MR) is 117 cm³/mol. The largest absolute Gasteiger partial charge is 0.349 e. The second-order valence-corrected chi connectivity index (χ2v) is 8.25. The highest BCUT2D eigenvalue weighted by atomic mass is 16.5. The first-order valence-corrected chi connectivity index (χ1v) is 10.6. The van der Waals surface area contributed by atoms with Gasteiger partial charge < -0.3 is 15.1 Å². The highest BCUT2D eigenvalue weighted by molar-refractivity contribution is 6.09. The number of rotatable bonds is 4. The molecule has 0 spiro atoms. The molecule has 2 aromatic carbocycles. The van der Waals surface area contributed by atoms with E-state index in [0.29, 0.717) is 43.2 Å². The van der Waals surface area contributed by atoms with Gasteiger partial charge in [0.2, 0.25) is 5.96 Å². The van der Waals surface area contributed by atoms with Crippen LogP contribution in [0.4, 0.5) is 0 Å². The highest BCUT2D eigenvalue weighted by Gasteiger charge is 2.45. The zero-order valence-electron chi connectivity index (χ0n) is 17.5. The molecule has 160 valence electrons. The lowest BCUT2D eigenvalue weighted by Crippen LogP contribution is -2.57. The lowest BCUT2D eigenvalue weighted by atomic mass is 9.98. The number of hydrogen-bond acceptors (Lipinski definition) is 6. The first-order valence-electron chi connectivity index (χ1n) is 10.6. The number of hydrogen-bond donors (Lipinski definition) is 2. The van der Waals surface area contributed by atoms with Crippen LogP contribution >= 0.6 is 0 Å². The Morgan fingerprint density at radius 2 is 1.77 bits per heavy atom. The molecule has 0 fully saturated rings. The molecule has 0 atom stereocenters. The van der Waals surface area contributed by atoms with Gasteiger partial charge in [0.05, 0.1) is 18.7 Å². The van der Waals surface area contributed by atoms with Gasteiger partial charge in [0.1, 0.15) is 0 Å². The molecule has 1 amide bonds. The van der Waals surface area contributed by atoms with Crippen LogP contribution in [-0.2, 0) is 17.3 Å². The molecule has 7 heteroatoms. The minimum Gasteiger partial charge on any atom is -0.349 e. The Morgan fingerprint density at radius 1 is 1.03 bits per heavy atom. The molecule has 31 heavy (non-hydrogen) atoms. The van der Waals surface area contributed by atoms with Crippen LogP contribution in [0, 0.1) is 6.92 Å². The van der Waals surface area contributed by atoms with Crippen LogP contribution in [0.25, 0.3) is 0 Å². The smallest absolute Gasteiger partial charge is 0.259 e. The normalized spacial score (nSPS) is 19.5. The number of carbonyl (C=O) groups is 1. The first-order chi connectivity index (χ1) is 15.0. The van der Waals surface area contributed by atoms with Gasteiger partial charge in [-0.15, -0.1) is 0 Å². The van der Waals surface area contributed by atoms with Crippen molar-refractivity contribution in [1.82, 2.24) is 14.7 Å². The third kappa shape index (κ3) is 3.35. The summed E-state index contributed by atoms with van der Waals surface area (Å²) in [6.45, 7) is 4.49. The van der Waals surface area contributed by atoms with Gasteiger partial charge in [-0.3, -0.25) is 14.7 Å². The molecular formula is C24H26N4O3. The summed E-state index contributed by atoms with van der Waals surface area (Å²) in [4.78, 5) is 23.6. The van der Waals surface area contributed by atoms with Gasteiger partial charge in [0.25, 0.3) is 11.8 Å². The zero-order valence-corrected chi connectivity index (χ0v) is 17.5. The second kappa shape index (κ2) is 7.60. The van der Waals surface area contributed by atoms with Crippen molar-refractivity contribution in [2.24, 2.45) is 4.99 Å². The summed E-state index contributed by atoms with van der Waals surface area (Å²) < 4.78 is 0. The topological polar surface area (TPSA) is 79.6 Å². The lowest BCUT2D eigenvalue weighted by Gasteiger charge is -2.45. The molecule has 3 aliphatic rings. The van der Waals surface area contributed by atoms with Crippen molar-refractivity contribution < 1.29 is 15.0 Å². The lowest BCUT2D eigenvalue weighted by molar-refractivity contribution is -0.274. The summed E-state index contributed by atoms with van der Waals surface area (Å²) in [6.07, 6.45) is 0.563. The van der Waals surface area contributed by atoms with Crippen molar-refractivity contribution in [3.8, 4) is 0 Å². The van der Waals surface area contributed by atoms with Gasteiger partial charge in [-0.2, -0.15) is 0 Å². The van der Waals surface area contributed by atoms with E-state index in [0.717, 1.165) is 23.4 Å². The van der Waals surface area contributed by atoms with E-state index in [1.54, 1.807) is 34.1 Å². The minimum atomic E-state index is -2.14. The van der Waals surface area contributed by atoms with E-state index in [4.69, 9.17) is 0 Å². The maximum atomic E-state index is 13.6. The number of benzene rings is 2. The molecule has 7 nitrogen and oxygen atoms in total.